The molecule has 0 bridgehead atoms. The maximum absolute atomic E-state index is 12.0. The van der Waals surface area contributed by atoms with Gasteiger partial charge in [-0.3, -0.25) is 0 Å². The van der Waals surface area contributed by atoms with Gasteiger partial charge in [0.1, 0.15) is 12.2 Å². The van der Waals surface area contributed by atoms with Crippen molar-refractivity contribution in [1.29, 1.82) is 0 Å². The Morgan fingerprint density at radius 2 is 2.07 bits per heavy atom. The third-order valence-corrected chi connectivity index (χ3v) is 1.88. The molecule has 84 valence electrons. The number of aliphatic hydroxyl groups excluding tert-OH is 1. The number of alkyl halides is 3. The van der Waals surface area contributed by atoms with Crippen LogP contribution in [0.2, 0.25) is 0 Å². The zero-order valence-electron chi connectivity index (χ0n) is 8.34. The maximum Gasteiger partial charge on any atom is 0.396 e. The number of aliphatic hydroxyl groups is 1. The topological polar surface area (TPSA) is 46.0 Å². The molecule has 6 heteroatoms. The summed E-state index contributed by atoms with van der Waals surface area (Å²) < 4.78 is 36.0. The van der Waals surface area contributed by atoms with E-state index in [2.05, 4.69) is 9.97 Å². The summed E-state index contributed by atoms with van der Waals surface area (Å²) in [6.45, 7) is 3.05. The summed E-state index contributed by atoms with van der Waals surface area (Å²) >= 11 is 0. The Morgan fingerprint density at radius 1 is 1.47 bits per heavy atom. The minimum Gasteiger partial charge on any atom is -0.389 e. The molecule has 0 radical (unpaired) electrons. The fourth-order valence-corrected chi connectivity index (χ4v) is 1.20. The number of aromatic nitrogens is 2. The van der Waals surface area contributed by atoms with Crippen LogP contribution in [0.5, 0.6) is 0 Å². The minimum atomic E-state index is -4.31. The number of aryl methyl sites for hydroxylation is 1. The molecule has 0 fully saturated rings. The van der Waals surface area contributed by atoms with E-state index in [1.165, 1.54) is 13.1 Å². The quantitative estimate of drug-likeness (QED) is 0.828. The number of halogens is 3. The fourth-order valence-electron chi connectivity index (χ4n) is 1.20. The zero-order chi connectivity index (χ0) is 11.6. The van der Waals surface area contributed by atoms with Crippen LogP contribution < -0.4 is 0 Å². The SMILES string of the molecule is Cc1nc(CC(F)(F)F)ncc1[C@H](C)O. The summed E-state index contributed by atoms with van der Waals surface area (Å²) in [5.41, 5.74) is 0.820. The van der Waals surface area contributed by atoms with Crippen molar-refractivity contribution >= 4 is 0 Å². The first-order valence-electron chi connectivity index (χ1n) is 4.37. The molecular formula is C9H11F3N2O. The van der Waals surface area contributed by atoms with E-state index >= 15 is 0 Å². The van der Waals surface area contributed by atoms with Gasteiger partial charge in [-0.15, -0.1) is 0 Å². The van der Waals surface area contributed by atoms with Crippen molar-refractivity contribution in [3.8, 4) is 0 Å². The number of rotatable bonds is 2. The van der Waals surface area contributed by atoms with Gasteiger partial charge in [0.2, 0.25) is 0 Å². The van der Waals surface area contributed by atoms with Crippen LogP contribution in [-0.2, 0) is 6.42 Å². The van der Waals surface area contributed by atoms with Crippen LogP contribution in [-0.4, -0.2) is 21.3 Å². The lowest BCUT2D eigenvalue weighted by atomic mass is 10.1. The van der Waals surface area contributed by atoms with E-state index in [4.69, 9.17) is 0 Å². The Kier molecular flexibility index (Phi) is 3.28. The molecule has 1 rings (SSSR count). The lowest BCUT2D eigenvalue weighted by molar-refractivity contribution is -0.128. The van der Waals surface area contributed by atoms with Crippen molar-refractivity contribution in [2.24, 2.45) is 0 Å². The smallest absolute Gasteiger partial charge is 0.389 e. The van der Waals surface area contributed by atoms with Crippen molar-refractivity contribution in [3.05, 3.63) is 23.3 Å². The van der Waals surface area contributed by atoms with Crippen molar-refractivity contribution in [1.82, 2.24) is 9.97 Å². The van der Waals surface area contributed by atoms with Gasteiger partial charge in [-0.05, 0) is 13.8 Å². The molecule has 1 atom stereocenters. The highest BCUT2D eigenvalue weighted by atomic mass is 19.4. The first-order chi connectivity index (χ1) is 6.79. The first kappa shape index (κ1) is 11.9. The molecule has 0 aliphatic carbocycles. The summed E-state index contributed by atoms with van der Waals surface area (Å²) in [6.07, 6.45) is -4.99. The van der Waals surface area contributed by atoms with Gasteiger partial charge in [-0.25, -0.2) is 9.97 Å². The normalized spacial score (nSPS) is 14.0. The predicted molar refractivity (Wildman–Crippen MR) is 47.2 cm³/mol. The van der Waals surface area contributed by atoms with Crippen molar-refractivity contribution in [2.45, 2.75) is 32.5 Å². The highest BCUT2D eigenvalue weighted by Crippen LogP contribution is 2.20. The summed E-state index contributed by atoms with van der Waals surface area (Å²) in [5, 5.41) is 9.23. The molecule has 0 spiro atoms. The lowest BCUT2D eigenvalue weighted by Crippen LogP contribution is -2.15. The zero-order valence-corrected chi connectivity index (χ0v) is 8.34. The Morgan fingerprint density at radius 3 is 2.47 bits per heavy atom. The molecule has 1 aromatic rings. The third kappa shape index (κ3) is 3.47. The largest absolute Gasteiger partial charge is 0.396 e. The molecule has 0 aromatic carbocycles. The van der Waals surface area contributed by atoms with E-state index in [-0.39, 0.29) is 5.82 Å². The third-order valence-electron chi connectivity index (χ3n) is 1.88. The van der Waals surface area contributed by atoms with Crippen LogP contribution in [0.4, 0.5) is 13.2 Å². The van der Waals surface area contributed by atoms with Crippen LogP contribution >= 0.6 is 0 Å². The van der Waals surface area contributed by atoms with Crippen LogP contribution in [0.1, 0.15) is 30.1 Å². The molecule has 0 unspecified atom stereocenters. The molecule has 0 amide bonds. The predicted octanol–water partition coefficient (Wildman–Crippen LogP) is 1.94. The molecule has 0 saturated carbocycles. The number of nitrogens with zero attached hydrogens (tertiary/aromatic N) is 2. The molecule has 0 aliphatic heterocycles. The summed E-state index contributed by atoms with van der Waals surface area (Å²) in [5.74, 6) is -0.274. The van der Waals surface area contributed by atoms with Gasteiger partial charge < -0.3 is 5.11 Å². The van der Waals surface area contributed by atoms with Crippen molar-refractivity contribution in [2.75, 3.05) is 0 Å². The molecule has 0 saturated heterocycles. The standard InChI is InChI=1S/C9H11F3N2O/c1-5-7(6(2)15)4-13-8(14-5)3-9(10,11)12/h4,6,15H,3H2,1-2H3/t6-/m0/s1. The molecule has 3 nitrogen and oxygen atoms in total. The van der Waals surface area contributed by atoms with Crippen LogP contribution in [0.15, 0.2) is 6.20 Å². The molecule has 15 heavy (non-hydrogen) atoms. The van der Waals surface area contributed by atoms with Crippen molar-refractivity contribution in [3.63, 3.8) is 0 Å². The number of hydrogen-bond donors (Lipinski definition) is 1. The second-order valence-corrected chi connectivity index (χ2v) is 3.29. The van der Waals surface area contributed by atoms with Gasteiger partial charge in [0.05, 0.1) is 6.10 Å². The van der Waals surface area contributed by atoms with Gasteiger partial charge in [0.25, 0.3) is 0 Å². The van der Waals surface area contributed by atoms with Crippen LogP contribution in [0.25, 0.3) is 0 Å². The Bertz CT molecular complexity index is 350. The Hall–Kier alpha value is -1.17. The van der Waals surface area contributed by atoms with E-state index in [9.17, 15) is 18.3 Å². The molecule has 1 aromatic heterocycles. The number of hydrogen-bond acceptors (Lipinski definition) is 3. The average molecular weight is 220 g/mol. The molecular weight excluding hydrogens is 209 g/mol. The van der Waals surface area contributed by atoms with Gasteiger partial charge >= 0.3 is 6.18 Å². The van der Waals surface area contributed by atoms with Gasteiger partial charge in [0, 0.05) is 17.5 Å². The van der Waals surface area contributed by atoms with Crippen LogP contribution in [0, 0.1) is 6.92 Å². The van der Waals surface area contributed by atoms with Gasteiger partial charge in [-0.2, -0.15) is 13.2 Å². The van der Waals surface area contributed by atoms with E-state index in [1.54, 1.807) is 6.92 Å². The van der Waals surface area contributed by atoms with Gasteiger partial charge in [0.15, 0.2) is 0 Å². The lowest BCUT2D eigenvalue weighted by Gasteiger charge is -2.10. The van der Waals surface area contributed by atoms with E-state index < -0.39 is 18.7 Å². The highest BCUT2D eigenvalue weighted by molar-refractivity contribution is 5.18. The monoisotopic (exact) mass is 220 g/mol. The highest BCUT2D eigenvalue weighted by Gasteiger charge is 2.29. The summed E-state index contributed by atoms with van der Waals surface area (Å²) in [7, 11) is 0. The van der Waals surface area contributed by atoms with E-state index in [1.807, 2.05) is 0 Å². The minimum absolute atomic E-state index is 0.274. The second-order valence-electron chi connectivity index (χ2n) is 3.29. The van der Waals surface area contributed by atoms with Crippen LogP contribution in [0.3, 0.4) is 0 Å². The second kappa shape index (κ2) is 4.14. The maximum atomic E-state index is 12.0. The van der Waals surface area contributed by atoms with Gasteiger partial charge in [-0.1, -0.05) is 0 Å². The Labute approximate surface area is 85.0 Å². The molecule has 0 aliphatic rings. The van der Waals surface area contributed by atoms with E-state index in [0.29, 0.717) is 11.3 Å². The van der Waals surface area contributed by atoms with Crippen molar-refractivity contribution < 1.29 is 18.3 Å². The summed E-state index contributed by atoms with van der Waals surface area (Å²) in [6, 6.07) is 0. The average Bonchev–Trinajstić information content (AvgIpc) is 1.99. The first-order valence-corrected chi connectivity index (χ1v) is 4.37. The molecule has 1 N–H and O–H groups in total. The van der Waals surface area contributed by atoms with E-state index in [0.717, 1.165) is 0 Å². The molecule has 1 heterocycles. The summed E-state index contributed by atoms with van der Waals surface area (Å²) in [4.78, 5) is 7.24. The fraction of sp³-hybridized carbons (Fsp3) is 0.556. The Balaban J connectivity index is 2.92.